The number of thiocarbonyl (C=S) groups is 1. The van der Waals surface area contributed by atoms with Crippen LogP contribution in [-0.4, -0.2) is 27.8 Å². The number of hydrogen-bond acceptors (Lipinski definition) is 4. The van der Waals surface area contributed by atoms with E-state index in [1.165, 1.54) is 0 Å². The van der Waals surface area contributed by atoms with Crippen molar-refractivity contribution in [3.05, 3.63) is 0 Å². The molecule has 0 radical (unpaired) electrons. The summed E-state index contributed by atoms with van der Waals surface area (Å²) < 4.78 is 0. The molecule has 0 heterocycles. The van der Waals surface area contributed by atoms with Crippen molar-refractivity contribution in [3.63, 3.8) is 0 Å². The Morgan fingerprint density at radius 1 is 1.89 bits per heavy atom. The van der Waals surface area contributed by atoms with Gasteiger partial charge in [-0.2, -0.15) is 0 Å². The Labute approximate surface area is 55.6 Å². The SMILES string of the molecule is O=CN(N=C=S)C(=O)O. The largest absolute Gasteiger partial charge is 0.463 e. The molecule has 0 unspecified atom stereocenters. The van der Waals surface area contributed by atoms with Gasteiger partial charge in [0.05, 0.1) is 5.16 Å². The van der Waals surface area contributed by atoms with Crippen molar-refractivity contribution in [3.8, 4) is 0 Å². The Morgan fingerprint density at radius 3 is 2.56 bits per heavy atom. The first kappa shape index (κ1) is 7.74. The average Bonchev–Trinajstić information content (AvgIpc) is 1.82. The van der Waals surface area contributed by atoms with Crippen LogP contribution < -0.4 is 0 Å². The average molecular weight is 146 g/mol. The minimum Gasteiger partial charge on any atom is -0.463 e. The zero-order valence-electron chi connectivity index (χ0n) is 4.14. The number of carbonyl (C=O) groups is 2. The van der Waals surface area contributed by atoms with Gasteiger partial charge in [-0.15, -0.1) is 10.1 Å². The minimum absolute atomic E-state index is 0.0155. The Bertz CT molecular complexity index is 172. The number of carbonyl (C=O) groups excluding carboxylic acids is 1. The number of hydrogen-bond donors (Lipinski definition) is 1. The summed E-state index contributed by atoms with van der Waals surface area (Å²) in [6.45, 7) is 0. The van der Waals surface area contributed by atoms with E-state index in [0.29, 0.717) is 0 Å². The lowest BCUT2D eigenvalue weighted by atomic mass is 11.0. The fourth-order valence-electron chi connectivity index (χ4n) is 0.155. The molecule has 9 heavy (non-hydrogen) atoms. The number of carboxylic acid groups (broad SMARTS) is 1. The van der Waals surface area contributed by atoms with Gasteiger partial charge in [-0.05, 0) is 12.2 Å². The second-order valence-corrected chi connectivity index (χ2v) is 1.11. The summed E-state index contributed by atoms with van der Waals surface area (Å²) in [4.78, 5) is 19.5. The normalized spacial score (nSPS) is 7.11. The molecular weight excluding hydrogens is 144 g/mol. The van der Waals surface area contributed by atoms with Crippen LogP contribution in [0, 0.1) is 0 Å². The Balaban J connectivity index is 4.15. The van der Waals surface area contributed by atoms with E-state index in [9.17, 15) is 9.59 Å². The van der Waals surface area contributed by atoms with Crippen LogP contribution in [0.15, 0.2) is 5.10 Å². The van der Waals surface area contributed by atoms with Crippen LogP contribution in [0.4, 0.5) is 4.79 Å². The first-order valence-electron chi connectivity index (χ1n) is 1.77. The molecule has 0 aliphatic carbocycles. The van der Waals surface area contributed by atoms with Crippen molar-refractivity contribution in [1.82, 2.24) is 5.01 Å². The number of nitrogens with zero attached hydrogens (tertiary/aromatic N) is 2. The van der Waals surface area contributed by atoms with E-state index in [2.05, 4.69) is 17.3 Å². The van der Waals surface area contributed by atoms with Crippen LogP contribution in [0.25, 0.3) is 0 Å². The Hall–Kier alpha value is -1.26. The first-order valence-corrected chi connectivity index (χ1v) is 2.18. The summed E-state index contributed by atoms with van der Waals surface area (Å²) in [5, 5.41) is 12.7. The highest BCUT2D eigenvalue weighted by Gasteiger charge is 2.05. The van der Waals surface area contributed by atoms with Crippen molar-refractivity contribution >= 4 is 29.9 Å². The summed E-state index contributed by atoms with van der Waals surface area (Å²) in [6.07, 6.45) is -1.47. The highest BCUT2D eigenvalue weighted by molar-refractivity contribution is 7.78. The molecular formula is C3H2N2O3S. The maximum Gasteiger partial charge on any atom is 0.435 e. The molecule has 0 aromatic rings. The molecule has 0 aliphatic rings. The molecule has 0 aliphatic heterocycles. The summed E-state index contributed by atoms with van der Waals surface area (Å²) in [7, 11) is 0. The molecule has 0 fully saturated rings. The van der Waals surface area contributed by atoms with Crippen LogP contribution >= 0.6 is 12.2 Å². The Morgan fingerprint density at radius 2 is 2.44 bits per heavy atom. The van der Waals surface area contributed by atoms with Gasteiger partial charge in [-0.25, -0.2) is 4.79 Å². The third-order valence-electron chi connectivity index (χ3n) is 0.444. The maximum absolute atomic E-state index is 9.84. The number of hydrazone groups is 1. The molecule has 0 aromatic heterocycles. The fourth-order valence-corrected chi connectivity index (χ4v) is 0.243. The van der Waals surface area contributed by atoms with Crippen molar-refractivity contribution in [1.29, 1.82) is 0 Å². The van der Waals surface area contributed by atoms with Gasteiger partial charge in [0.15, 0.2) is 0 Å². The standard InChI is InChI=1S/C3H2N2O3S/c6-2-5(3(7)8)4-1-9/h2H,(H,7,8). The predicted octanol–water partition coefficient (Wildman–Crippen LogP) is 0.141. The van der Waals surface area contributed by atoms with E-state index in [4.69, 9.17) is 5.11 Å². The van der Waals surface area contributed by atoms with Gasteiger partial charge in [0.25, 0.3) is 0 Å². The lowest BCUT2D eigenvalue weighted by molar-refractivity contribution is -0.116. The van der Waals surface area contributed by atoms with Gasteiger partial charge in [-0.1, -0.05) is 0 Å². The van der Waals surface area contributed by atoms with Crippen molar-refractivity contribution in [2.75, 3.05) is 0 Å². The molecule has 5 nitrogen and oxygen atoms in total. The van der Waals surface area contributed by atoms with Crippen LogP contribution in [0.1, 0.15) is 0 Å². The molecule has 48 valence electrons. The van der Waals surface area contributed by atoms with Gasteiger partial charge >= 0.3 is 6.09 Å². The molecule has 2 amide bonds. The van der Waals surface area contributed by atoms with E-state index >= 15 is 0 Å². The van der Waals surface area contributed by atoms with Crippen molar-refractivity contribution in [2.24, 2.45) is 5.10 Å². The third-order valence-corrected chi connectivity index (χ3v) is 0.526. The summed E-state index contributed by atoms with van der Waals surface area (Å²) in [5.41, 5.74) is 0. The molecule has 6 heteroatoms. The summed E-state index contributed by atoms with van der Waals surface area (Å²) >= 11 is 4.03. The lowest BCUT2D eigenvalue weighted by Gasteiger charge is -1.97. The smallest absolute Gasteiger partial charge is 0.435 e. The summed E-state index contributed by atoms with van der Waals surface area (Å²) in [6, 6.07) is 0. The molecule has 0 bridgehead atoms. The van der Waals surface area contributed by atoms with E-state index in [1.54, 1.807) is 5.16 Å². The van der Waals surface area contributed by atoms with Gasteiger partial charge in [0.1, 0.15) is 0 Å². The third kappa shape index (κ3) is 2.53. The number of imide groups is 1. The van der Waals surface area contributed by atoms with Gasteiger partial charge < -0.3 is 5.11 Å². The first-order chi connectivity index (χ1) is 4.22. The molecule has 0 rings (SSSR count). The lowest BCUT2D eigenvalue weighted by Crippen LogP contribution is -2.21. The topological polar surface area (TPSA) is 70.0 Å². The minimum atomic E-state index is -1.48. The monoisotopic (exact) mass is 146 g/mol. The van der Waals surface area contributed by atoms with Crippen LogP contribution in [-0.2, 0) is 4.79 Å². The number of rotatable bonds is 2. The zero-order chi connectivity index (χ0) is 7.28. The predicted molar refractivity (Wildman–Crippen MR) is 31.0 cm³/mol. The number of amides is 2. The fraction of sp³-hybridized carbons (Fsp3) is 0. The van der Waals surface area contributed by atoms with E-state index in [1.807, 2.05) is 0 Å². The maximum atomic E-state index is 9.84. The molecule has 0 saturated carbocycles. The quantitative estimate of drug-likeness (QED) is 0.260. The second kappa shape index (κ2) is 3.71. The summed E-state index contributed by atoms with van der Waals surface area (Å²) in [5.74, 6) is 0. The molecule has 0 saturated heterocycles. The second-order valence-electron chi connectivity index (χ2n) is 0.924. The molecule has 0 atom stereocenters. The van der Waals surface area contributed by atoms with Gasteiger partial charge in [-0.3, -0.25) is 4.79 Å². The van der Waals surface area contributed by atoms with Gasteiger partial charge in [0, 0.05) is 0 Å². The van der Waals surface area contributed by atoms with Crippen LogP contribution in [0.3, 0.4) is 0 Å². The zero-order valence-corrected chi connectivity index (χ0v) is 4.96. The highest BCUT2D eigenvalue weighted by atomic mass is 32.1. The van der Waals surface area contributed by atoms with Crippen LogP contribution in [0.5, 0.6) is 0 Å². The molecule has 0 spiro atoms. The molecule has 0 aromatic carbocycles. The van der Waals surface area contributed by atoms with E-state index in [0.717, 1.165) is 0 Å². The highest BCUT2D eigenvalue weighted by Crippen LogP contribution is 1.81. The van der Waals surface area contributed by atoms with Crippen molar-refractivity contribution < 1.29 is 14.7 Å². The van der Waals surface area contributed by atoms with Gasteiger partial charge in [0.2, 0.25) is 6.41 Å². The number of isothiocyanates is 1. The molecule has 1 N–H and O–H groups in total. The Kier molecular flexibility index (Phi) is 3.19. The van der Waals surface area contributed by atoms with E-state index in [-0.39, 0.29) is 11.4 Å². The van der Waals surface area contributed by atoms with Crippen molar-refractivity contribution in [2.45, 2.75) is 0 Å². The van der Waals surface area contributed by atoms with E-state index < -0.39 is 6.09 Å². The van der Waals surface area contributed by atoms with Crippen LogP contribution in [0.2, 0.25) is 0 Å².